The summed E-state index contributed by atoms with van der Waals surface area (Å²) in [4.78, 5) is 24.6. The van der Waals surface area contributed by atoms with Crippen LogP contribution in [0.5, 0.6) is 5.75 Å². The van der Waals surface area contributed by atoms with Gasteiger partial charge in [-0.25, -0.2) is 4.79 Å². The van der Waals surface area contributed by atoms with Gasteiger partial charge in [0.25, 0.3) is 5.91 Å². The molecule has 0 aliphatic rings. The minimum atomic E-state index is -1.03. The summed E-state index contributed by atoms with van der Waals surface area (Å²) in [7, 11) is 1.70. The fraction of sp³-hybridized carbons (Fsp3) is 0.263. The fourth-order valence-corrected chi connectivity index (χ4v) is 2.82. The van der Waals surface area contributed by atoms with Gasteiger partial charge in [-0.2, -0.15) is 11.8 Å². The minimum absolute atomic E-state index is 0.103. The quantitative estimate of drug-likeness (QED) is 0.779. The van der Waals surface area contributed by atoms with Crippen molar-refractivity contribution in [1.29, 1.82) is 0 Å². The van der Waals surface area contributed by atoms with Gasteiger partial charge in [-0.05, 0) is 47.7 Å². The SMILES string of the molecule is CCSCc1ccc(C(=O)N(C)c2ccc(OCC(=O)O)cc2)cc1. The van der Waals surface area contributed by atoms with E-state index < -0.39 is 12.6 Å². The minimum Gasteiger partial charge on any atom is -0.482 e. The third-order valence-corrected chi connectivity index (χ3v) is 4.51. The van der Waals surface area contributed by atoms with Crippen LogP contribution in [-0.2, 0) is 10.5 Å². The zero-order chi connectivity index (χ0) is 18.2. The van der Waals surface area contributed by atoms with Crippen LogP contribution in [0.3, 0.4) is 0 Å². The summed E-state index contributed by atoms with van der Waals surface area (Å²) in [5.41, 5.74) is 2.53. The summed E-state index contributed by atoms with van der Waals surface area (Å²) in [6.07, 6.45) is 0. The highest BCUT2D eigenvalue weighted by atomic mass is 32.2. The predicted octanol–water partition coefficient (Wildman–Crippen LogP) is 3.68. The Kier molecular flexibility index (Phi) is 6.89. The van der Waals surface area contributed by atoms with Gasteiger partial charge in [0.05, 0.1) is 0 Å². The van der Waals surface area contributed by atoms with Crippen LogP contribution in [0.4, 0.5) is 5.69 Å². The van der Waals surface area contributed by atoms with E-state index in [0.29, 0.717) is 17.0 Å². The van der Waals surface area contributed by atoms with Crippen molar-refractivity contribution in [2.24, 2.45) is 0 Å². The third-order valence-electron chi connectivity index (χ3n) is 3.56. The molecule has 0 unspecified atom stereocenters. The van der Waals surface area contributed by atoms with Crippen molar-refractivity contribution >= 4 is 29.3 Å². The summed E-state index contributed by atoms with van der Waals surface area (Å²) in [6.45, 7) is 1.73. The lowest BCUT2D eigenvalue weighted by atomic mass is 10.1. The lowest BCUT2D eigenvalue weighted by molar-refractivity contribution is -0.139. The van der Waals surface area contributed by atoms with Gasteiger partial charge in [0, 0.05) is 24.1 Å². The number of thioether (sulfide) groups is 1. The maximum absolute atomic E-state index is 12.6. The van der Waals surface area contributed by atoms with E-state index in [0.717, 1.165) is 11.5 Å². The average Bonchev–Trinajstić information content (AvgIpc) is 2.64. The first kappa shape index (κ1) is 18.9. The largest absolute Gasteiger partial charge is 0.482 e. The second kappa shape index (κ2) is 9.13. The zero-order valence-corrected chi connectivity index (χ0v) is 15.1. The number of hydrogen-bond acceptors (Lipinski definition) is 4. The van der Waals surface area contributed by atoms with Crippen molar-refractivity contribution in [2.45, 2.75) is 12.7 Å². The molecule has 0 heterocycles. The first-order chi connectivity index (χ1) is 12.0. The van der Waals surface area contributed by atoms with E-state index in [2.05, 4.69) is 6.92 Å². The summed E-state index contributed by atoms with van der Waals surface area (Å²) >= 11 is 1.84. The normalized spacial score (nSPS) is 10.3. The van der Waals surface area contributed by atoms with E-state index >= 15 is 0 Å². The molecule has 0 fully saturated rings. The number of amides is 1. The van der Waals surface area contributed by atoms with E-state index in [1.54, 1.807) is 36.2 Å². The Labute approximate surface area is 151 Å². The van der Waals surface area contributed by atoms with Crippen LogP contribution in [-0.4, -0.2) is 36.4 Å². The standard InChI is InChI=1S/C19H21NO4S/c1-3-25-13-14-4-6-15(7-5-14)19(23)20(2)16-8-10-17(11-9-16)24-12-18(21)22/h4-11H,3,12-13H2,1-2H3,(H,21,22). The molecule has 0 bridgehead atoms. The Hall–Kier alpha value is -2.47. The van der Waals surface area contributed by atoms with Crippen molar-refractivity contribution in [3.05, 3.63) is 59.7 Å². The molecule has 0 radical (unpaired) electrons. The molecule has 0 saturated carbocycles. The molecule has 2 aromatic carbocycles. The Balaban J connectivity index is 2.02. The molecule has 25 heavy (non-hydrogen) atoms. The number of carbonyl (C=O) groups excluding carboxylic acids is 1. The van der Waals surface area contributed by atoms with E-state index in [1.807, 2.05) is 36.0 Å². The van der Waals surface area contributed by atoms with E-state index in [-0.39, 0.29) is 5.91 Å². The van der Waals surface area contributed by atoms with E-state index in [4.69, 9.17) is 9.84 Å². The molecule has 6 heteroatoms. The number of ether oxygens (including phenoxy) is 1. The van der Waals surface area contributed by atoms with Crippen LogP contribution in [0.15, 0.2) is 48.5 Å². The molecule has 0 aromatic heterocycles. The molecule has 0 aliphatic heterocycles. The van der Waals surface area contributed by atoms with Gasteiger partial charge in [0.15, 0.2) is 6.61 Å². The van der Waals surface area contributed by atoms with E-state index in [9.17, 15) is 9.59 Å². The number of hydrogen-bond donors (Lipinski definition) is 1. The lowest BCUT2D eigenvalue weighted by Gasteiger charge is -2.18. The second-order valence-corrected chi connectivity index (χ2v) is 6.65. The molecule has 0 atom stereocenters. The Morgan fingerprint density at radius 1 is 1.08 bits per heavy atom. The van der Waals surface area contributed by atoms with Gasteiger partial charge < -0.3 is 14.7 Å². The van der Waals surface area contributed by atoms with Crippen molar-refractivity contribution < 1.29 is 19.4 Å². The van der Waals surface area contributed by atoms with Crippen LogP contribution >= 0.6 is 11.8 Å². The zero-order valence-electron chi connectivity index (χ0n) is 14.3. The number of carboxylic acid groups (broad SMARTS) is 1. The molecule has 132 valence electrons. The maximum atomic E-state index is 12.6. The maximum Gasteiger partial charge on any atom is 0.341 e. The van der Waals surface area contributed by atoms with Crippen molar-refractivity contribution in [3.63, 3.8) is 0 Å². The first-order valence-corrected chi connectivity index (χ1v) is 9.06. The number of carboxylic acids is 1. The van der Waals surface area contributed by atoms with Crippen LogP contribution in [0, 0.1) is 0 Å². The summed E-state index contributed by atoms with van der Waals surface area (Å²) in [6, 6.07) is 14.4. The fourth-order valence-electron chi connectivity index (χ4n) is 2.19. The van der Waals surface area contributed by atoms with Gasteiger partial charge in [-0.1, -0.05) is 19.1 Å². The Bertz CT molecular complexity index is 713. The number of anilines is 1. The second-order valence-electron chi connectivity index (χ2n) is 5.37. The smallest absolute Gasteiger partial charge is 0.341 e. The Morgan fingerprint density at radius 2 is 1.72 bits per heavy atom. The highest BCUT2D eigenvalue weighted by molar-refractivity contribution is 7.98. The summed E-state index contributed by atoms with van der Waals surface area (Å²) in [5.74, 6) is 1.32. The van der Waals surface area contributed by atoms with Gasteiger partial charge in [0.1, 0.15) is 5.75 Å². The van der Waals surface area contributed by atoms with Crippen molar-refractivity contribution in [3.8, 4) is 5.75 Å². The molecule has 5 nitrogen and oxygen atoms in total. The van der Waals surface area contributed by atoms with Crippen LogP contribution in [0.2, 0.25) is 0 Å². The first-order valence-electron chi connectivity index (χ1n) is 7.90. The monoisotopic (exact) mass is 359 g/mol. The molecule has 0 spiro atoms. The highest BCUT2D eigenvalue weighted by Crippen LogP contribution is 2.21. The number of rotatable bonds is 8. The van der Waals surface area contributed by atoms with Gasteiger partial charge in [-0.3, -0.25) is 4.79 Å². The van der Waals surface area contributed by atoms with Gasteiger partial charge >= 0.3 is 5.97 Å². The molecule has 2 aromatic rings. The topological polar surface area (TPSA) is 66.8 Å². The molecule has 0 saturated heterocycles. The number of carbonyl (C=O) groups is 2. The lowest BCUT2D eigenvalue weighted by Crippen LogP contribution is -2.26. The summed E-state index contributed by atoms with van der Waals surface area (Å²) < 4.78 is 5.09. The highest BCUT2D eigenvalue weighted by Gasteiger charge is 2.13. The third kappa shape index (κ3) is 5.53. The van der Waals surface area contributed by atoms with Crippen LogP contribution in [0.1, 0.15) is 22.8 Å². The number of aliphatic carboxylic acids is 1. The van der Waals surface area contributed by atoms with Crippen molar-refractivity contribution in [2.75, 3.05) is 24.3 Å². The Morgan fingerprint density at radius 3 is 2.28 bits per heavy atom. The van der Waals surface area contributed by atoms with Crippen LogP contribution in [0.25, 0.3) is 0 Å². The van der Waals surface area contributed by atoms with Crippen LogP contribution < -0.4 is 9.64 Å². The molecule has 1 N–H and O–H groups in total. The molecule has 2 rings (SSSR count). The number of benzene rings is 2. The average molecular weight is 359 g/mol. The van der Waals surface area contributed by atoms with Gasteiger partial charge in [0.2, 0.25) is 0 Å². The number of nitrogens with zero attached hydrogens (tertiary/aromatic N) is 1. The molecular formula is C19H21NO4S. The van der Waals surface area contributed by atoms with Crippen molar-refractivity contribution in [1.82, 2.24) is 0 Å². The molecule has 1 amide bonds. The summed E-state index contributed by atoms with van der Waals surface area (Å²) in [5, 5.41) is 8.60. The van der Waals surface area contributed by atoms with E-state index in [1.165, 1.54) is 5.56 Å². The molecule has 0 aliphatic carbocycles. The predicted molar refractivity (Wildman–Crippen MR) is 101 cm³/mol. The molecular weight excluding hydrogens is 338 g/mol. The van der Waals surface area contributed by atoms with Gasteiger partial charge in [-0.15, -0.1) is 0 Å².